The fourth-order valence-corrected chi connectivity index (χ4v) is 4.15. The van der Waals surface area contributed by atoms with Crippen LogP contribution in [0.5, 0.6) is 11.5 Å². The lowest BCUT2D eigenvalue weighted by molar-refractivity contribution is 0.394. The third kappa shape index (κ3) is 5.05. The summed E-state index contributed by atoms with van der Waals surface area (Å²) in [6, 6.07) is 20.8. The number of rotatable bonds is 7. The lowest BCUT2D eigenvalue weighted by Crippen LogP contribution is -2.14. The van der Waals surface area contributed by atoms with Crippen molar-refractivity contribution in [1.82, 2.24) is 0 Å². The number of sulfonamides is 1. The molecule has 158 valence electrons. The fourth-order valence-electron chi connectivity index (χ4n) is 3.07. The number of allylic oxidation sites excluding steroid dienone is 1. The van der Waals surface area contributed by atoms with E-state index >= 15 is 0 Å². The Labute approximate surface area is 182 Å². The van der Waals surface area contributed by atoms with E-state index in [4.69, 9.17) is 9.47 Å². The maximum absolute atomic E-state index is 12.9. The largest absolute Gasteiger partial charge is 0.497 e. The molecule has 6 nitrogen and oxygen atoms in total. The number of nitrogens with zero attached hydrogens (tertiary/aromatic N) is 1. The van der Waals surface area contributed by atoms with Gasteiger partial charge < -0.3 is 9.47 Å². The van der Waals surface area contributed by atoms with Crippen molar-refractivity contribution in [2.45, 2.75) is 11.8 Å². The van der Waals surface area contributed by atoms with Gasteiger partial charge in [0.05, 0.1) is 30.9 Å². The Bertz CT molecular complexity index is 1240. The van der Waals surface area contributed by atoms with Gasteiger partial charge in [-0.2, -0.15) is 5.26 Å². The number of aryl methyl sites for hydroxylation is 1. The molecule has 3 aromatic rings. The molecule has 31 heavy (non-hydrogen) atoms. The van der Waals surface area contributed by atoms with Gasteiger partial charge >= 0.3 is 0 Å². The maximum atomic E-state index is 12.9. The molecule has 0 aromatic heterocycles. The quantitative estimate of drug-likeness (QED) is 0.541. The monoisotopic (exact) mass is 434 g/mol. The Morgan fingerprint density at radius 3 is 2.16 bits per heavy atom. The van der Waals surface area contributed by atoms with E-state index < -0.39 is 10.0 Å². The minimum atomic E-state index is -3.82. The summed E-state index contributed by atoms with van der Waals surface area (Å²) in [4.78, 5) is 0.154. The van der Waals surface area contributed by atoms with E-state index in [1.807, 2.05) is 13.0 Å². The van der Waals surface area contributed by atoms with E-state index in [9.17, 15) is 13.7 Å². The molecule has 7 heteroatoms. The van der Waals surface area contributed by atoms with Crippen molar-refractivity contribution in [2.24, 2.45) is 0 Å². The van der Waals surface area contributed by atoms with Gasteiger partial charge in [0.15, 0.2) is 0 Å². The second-order valence-electron chi connectivity index (χ2n) is 6.75. The molecule has 1 N–H and O–H groups in total. The highest BCUT2D eigenvalue weighted by Gasteiger charge is 2.18. The van der Waals surface area contributed by atoms with Crippen molar-refractivity contribution >= 4 is 21.3 Å². The second kappa shape index (κ2) is 9.37. The minimum Gasteiger partial charge on any atom is -0.497 e. The van der Waals surface area contributed by atoms with Gasteiger partial charge in [0, 0.05) is 23.3 Å². The van der Waals surface area contributed by atoms with Gasteiger partial charge in [-0.15, -0.1) is 0 Å². The van der Waals surface area contributed by atoms with Crippen LogP contribution in [-0.2, 0) is 10.0 Å². The molecule has 0 saturated carbocycles. The summed E-state index contributed by atoms with van der Waals surface area (Å²) in [5.41, 5.74) is 3.05. The first-order valence-corrected chi connectivity index (χ1v) is 10.9. The molecular formula is C24H22N2O4S. The van der Waals surface area contributed by atoms with Crippen LogP contribution in [0.25, 0.3) is 5.57 Å². The van der Waals surface area contributed by atoms with Gasteiger partial charge in [0.1, 0.15) is 11.5 Å². The molecule has 0 atom stereocenters. The summed E-state index contributed by atoms with van der Waals surface area (Å²) in [6.07, 6.45) is 1.37. The van der Waals surface area contributed by atoms with Gasteiger partial charge in [-0.1, -0.05) is 35.9 Å². The standard InChI is InChI=1S/C24H22N2O4S/c1-17-8-10-21(11-9-17)31(27,28)26-24-7-5-4-6-23(24)22(12-13-25)18-14-19(29-2)16-20(15-18)30-3/h4-12,14-16,26H,1-3H3/b22-12+. The maximum Gasteiger partial charge on any atom is 0.261 e. The lowest BCUT2D eigenvalue weighted by atomic mass is 9.96. The summed E-state index contributed by atoms with van der Waals surface area (Å²) < 4.78 is 39.2. The zero-order valence-electron chi connectivity index (χ0n) is 17.4. The van der Waals surface area contributed by atoms with E-state index in [0.717, 1.165) is 5.56 Å². The molecule has 0 fully saturated rings. The van der Waals surface area contributed by atoms with Crippen molar-refractivity contribution in [1.29, 1.82) is 5.26 Å². The molecule has 0 unspecified atom stereocenters. The smallest absolute Gasteiger partial charge is 0.261 e. The first-order valence-electron chi connectivity index (χ1n) is 9.40. The van der Waals surface area contributed by atoms with Gasteiger partial charge in [0.2, 0.25) is 0 Å². The van der Waals surface area contributed by atoms with E-state index in [-0.39, 0.29) is 4.90 Å². The van der Waals surface area contributed by atoms with Crippen LogP contribution in [0.4, 0.5) is 5.69 Å². The first-order chi connectivity index (χ1) is 14.9. The zero-order chi connectivity index (χ0) is 22.4. The highest BCUT2D eigenvalue weighted by atomic mass is 32.2. The van der Waals surface area contributed by atoms with Crippen LogP contribution in [0, 0.1) is 18.3 Å². The van der Waals surface area contributed by atoms with E-state index in [1.165, 1.54) is 20.3 Å². The van der Waals surface area contributed by atoms with Crippen LogP contribution in [0.2, 0.25) is 0 Å². The van der Waals surface area contributed by atoms with Crippen LogP contribution in [0.15, 0.2) is 77.7 Å². The SMILES string of the molecule is COc1cc(OC)cc(/C(=C\C#N)c2ccccc2NS(=O)(=O)c2ccc(C)cc2)c1. The second-order valence-corrected chi connectivity index (χ2v) is 8.43. The molecule has 0 heterocycles. The highest BCUT2D eigenvalue weighted by molar-refractivity contribution is 7.92. The number of para-hydroxylation sites is 1. The van der Waals surface area contributed by atoms with Gasteiger partial charge in [-0.05, 0) is 42.8 Å². The van der Waals surface area contributed by atoms with E-state index in [2.05, 4.69) is 4.72 Å². The minimum absolute atomic E-state index is 0.154. The van der Waals surface area contributed by atoms with Gasteiger partial charge in [-0.3, -0.25) is 4.72 Å². The molecular weight excluding hydrogens is 412 g/mol. The van der Waals surface area contributed by atoms with Crippen LogP contribution in [-0.4, -0.2) is 22.6 Å². The molecule has 0 aliphatic rings. The number of hydrogen-bond donors (Lipinski definition) is 1. The summed E-state index contributed by atoms with van der Waals surface area (Å²) in [5.74, 6) is 1.10. The van der Waals surface area contributed by atoms with Crippen LogP contribution >= 0.6 is 0 Å². The summed E-state index contributed by atoms with van der Waals surface area (Å²) in [6.45, 7) is 1.89. The Morgan fingerprint density at radius 2 is 1.58 bits per heavy atom. The number of nitriles is 1. The Balaban J connectivity index is 2.10. The van der Waals surface area contributed by atoms with Crippen molar-refractivity contribution in [2.75, 3.05) is 18.9 Å². The number of anilines is 1. The van der Waals surface area contributed by atoms with Crippen LogP contribution in [0.1, 0.15) is 16.7 Å². The zero-order valence-corrected chi connectivity index (χ0v) is 18.2. The Hall–Kier alpha value is -3.76. The summed E-state index contributed by atoms with van der Waals surface area (Å²) >= 11 is 0. The van der Waals surface area contributed by atoms with Crippen molar-refractivity contribution in [3.05, 3.63) is 89.5 Å². The average molecular weight is 435 g/mol. The predicted octanol–water partition coefficient (Wildman–Crippen LogP) is 4.77. The van der Waals surface area contributed by atoms with Gasteiger partial charge in [0.25, 0.3) is 10.0 Å². The Kier molecular flexibility index (Phi) is 6.63. The molecule has 0 aliphatic carbocycles. The van der Waals surface area contributed by atoms with E-state index in [1.54, 1.807) is 66.7 Å². The normalized spacial score (nSPS) is 11.5. The molecule has 0 amide bonds. The molecule has 3 aromatic carbocycles. The van der Waals surface area contributed by atoms with Crippen LogP contribution in [0.3, 0.4) is 0 Å². The van der Waals surface area contributed by atoms with E-state index in [0.29, 0.717) is 33.9 Å². The Morgan fingerprint density at radius 1 is 0.968 bits per heavy atom. The average Bonchev–Trinajstić information content (AvgIpc) is 2.77. The molecule has 0 spiro atoms. The van der Waals surface area contributed by atoms with Crippen molar-refractivity contribution in [3.8, 4) is 17.6 Å². The third-order valence-electron chi connectivity index (χ3n) is 4.66. The summed E-state index contributed by atoms with van der Waals surface area (Å²) in [5, 5.41) is 9.41. The van der Waals surface area contributed by atoms with Crippen molar-refractivity contribution < 1.29 is 17.9 Å². The van der Waals surface area contributed by atoms with Gasteiger partial charge in [-0.25, -0.2) is 8.42 Å². The molecule has 0 bridgehead atoms. The number of ether oxygens (including phenoxy) is 2. The lowest BCUT2D eigenvalue weighted by Gasteiger charge is -2.16. The molecule has 0 radical (unpaired) electrons. The number of nitrogens with one attached hydrogen (secondary N) is 1. The topological polar surface area (TPSA) is 88.4 Å². The van der Waals surface area contributed by atoms with Crippen molar-refractivity contribution in [3.63, 3.8) is 0 Å². The number of methoxy groups -OCH3 is 2. The highest BCUT2D eigenvalue weighted by Crippen LogP contribution is 2.34. The fraction of sp³-hybridized carbons (Fsp3) is 0.125. The van der Waals surface area contributed by atoms with Crippen LogP contribution < -0.4 is 14.2 Å². The number of hydrogen-bond acceptors (Lipinski definition) is 5. The molecule has 3 rings (SSSR count). The third-order valence-corrected chi connectivity index (χ3v) is 6.05. The number of benzene rings is 3. The predicted molar refractivity (Wildman–Crippen MR) is 121 cm³/mol. The first kappa shape index (κ1) is 21.9. The molecule has 0 saturated heterocycles. The molecule has 0 aliphatic heterocycles. The summed E-state index contributed by atoms with van der Waals surface area (Å²) in [7, 11) is -0.743.